The van der Waals surface area contributed by atoms with Crippen LogP contribution in [-0.2, 0) is 0 Å². The standard InChI is InChI=1S/C15H11ClN4O3/c1-23-13-8-9(20(21)22)6-7-12(13)17-14-10-4-2-3-5-11(10)18-15(16)19-14/h2-8H,1H3,(H,17,18,19). The van der Waals surface area contributed by atoms with Crippen molar-refractivity contribution in [3.63, 3.8) is 0 Å². The van der Waals surface area contributed by atoms with Crippen LogP contribution in [0.2, 0.25) is 5.28 Å². The second-order valence-electron chi connectivity index (χ2n) is 4.63. The fourth-order valence-electron chi connectivity index (χ4n) is 2.17. The third-order valence-electron chi connectivity index (χ3n) is 3.22. The molecule has 0 radical (unpaired) electrons. The second kappa shape index (κ2) is 6.05. The van der Waals surface area contributed by atoms with Gasteiger partial charge < -0.3 is 10.1 Å². The smallest absolute Gasteiger partial charge is 0.273 e. The molecule has 0 bridgehead atoms. The summed E-state index contributed by atoms with van der Waals surface area (Å²) in [6, 6.07) is 11.7. The number of methoxy groups -OCH3 is 1. The van der Waals surface area contributed by atoms with E-state index in [1.54, 1.807) is 6.07 Å². The highest BCUT2D eigenvalue weighted by molar-refractivity contribution is 6.28. The van der Waals surface area contributed by atoms with Crippen LogP contribution >= 0.6 is 11.6 Å². The number of aromatic nitrogens is 2. The molecule has 0 saturated heterocycles. The molecule has 3 aromatic rings. The molecule has 116 valence electrons. The van der Waals surface area contributed by atoms with Crippen molar-refractivity contribution in [2.75, 3.05) is 12.4 Å². The lowest BCUT2D eigenvalue weighted by Gasteiger charge is -2.12. The first kappa shape index (κ1) is 15.0. The quantitative estimate of drug-likeness (QED) is 0.442. The van der Waals surface area contributed by atoms with Crippen LogP contribution in [0, 0.1) is 10.1 Å². The van der Waals surface area contributed by atoms with Gasteiger partial charge in [0.05, 0.1) is 29.3 Å². The zero-order valence-corrected chi connectivity index (χ0v) is 12.7. The molecule has 0 aliphatic heterocycles. The number of nitro benzene ring substituents is 1. The van der Waals surface area contributed by atoms with Gasteiger partial charge in [-0.15, -0.1) is 0 Å². The molecule has 23 heavy (non-hydrogen) atoms. The number of fused-ring (bicyclic) bond motifs is 1. The number of ether oxygens (including phenoxy) is 1. The van der Waals surface area contributed by atoms with E-state index in [-0.39, 0.29) is 11.0 Å². The molecular formula is C15H11ClN4O3. The fourth-order valence-corrected chi connectivity index (χ4v) is 2.34. The summed E-state index contributed by atoms with van der Waals surface area (Å²) >= 11 is 5.95. The van der Waals surface area contributed by atoms with Crippen LogP contribution < -0.4 is 10.1 Å². The fraction of sp³-hybridized carbons (Fsp3) is 0.0667. The topological polar surface area (TPSA) is 90.2 Å². The zero-order chi connectivity index (χ0) is 16.4. The first-order valence-electron chi connectivity index (χ1n) is 6.60. The number of nitrogens with one attached hydrogen (secondary N) is 1. The molecule has 7 nitrogen and oxygen atoms in total. The molecule has 1 heterocycles. The van der Waals surface area contributed by atoms with Gasteiger partial charge in [0.25, 0.3) is 5.69 Å². The predicted molar refractivity (Wildman–Crippen MR) is 87.5 cm³/mol. The lowest BCUT2D eigenvalue weighted by atomic mass is 10.2. The molecule has 0 aliphatic rings. The Bertz CT molecular complexity index is 901. The predicted octanol–water partition coefficient (Wildman–Crippen LogP) is 3.94. The van der Waals surface area contributed by atoms with Crippen LogP contribution in [0.5, 0.6) is 5.75 Å². The van der Waals surface area contributed by atoms with Gasteiger partial charge in [0.15, 0.2) is 0 Å². The first-order valence-corrected chi connectivity index (χ1v) is 6.98. The van der Waals surface area contributed by atoms with Crippen molar-refractivity contribution in [1.29, 1.82) is 0 Å². The van der Waals surface area contributed by atoms with Gasteiger partial charge in [0, 0.05) is 11.5 Å². The van der Waals surface area contributed by atoms with Gasteiger partial charge >= 0.3 is 0 Å². The molecule has 1 N–H and O–H groups in total. The van der Waals surface area contributed by atoms with Gasteiger partial charge in [0.2, 0.25) is 5.28 Å². The number of halogens is 1. The summed E-state index contributed by atoms with van der Waals surface area (Å²) < 4.78 is 5.21. The summed E-state index contributed by atoms with van der Waals surface area (Å²) in [5.74, 6) is 0.825. The average Bonchev–Trinajstić information content (AvgIpc) is 2.54. The van der Waals surface area contributed by atoms with Crippen molar-refractivity contribution >= 4 is 39.7 Å². The number of benzene rings is 2. The van der Waals surface area contributed by atoms with Crippen LogP contribution in [0.3, 0.4) is 0 Å². The largest absolute Gasteiger partial charge is 0.494 e. The molecule has 1 aromatic heterocycles. The number of nitrogens with zero attached hydrogens (tertiary/aromatic N) is 3. The highest BCUT2D eigenvalue weighted by atomic mass is 35.5. The van der Waals surface area contributed by atoms with Crippen LogP contribution in [-0.4, -0.2) is 22.0 Å². The molecular weight excluding hydrogens is 320 g/mol. The first-order chi connectivity index (χ1) is 11.1. The van der Waals surface area contributed by atoms with Crippen LogP contribution in [0.15, 0.2) is 42.5 Å². The molecule has 0 atom stereocenters. The van der Waals surface area contributed by atoms with Gasteiger partial charge in [-0.05, 0) is 29.8 Å². The second-order valence-corrected chi connectivity index (χ2v) is 4.96. The van der Waals surface area contributed by atoms with Gasteiger partial charge in [-0.1, -0.05) is 12.1 Å². The number of hydrogen-bond acceptors (Lipinski definition) is 6. The molecule has 2 aromatic carbocycles. The zero-order valence-electron chi connectivity index (χ0n) is 12.0. The molecule has 0 unspecified atom stereocenters. The highest BCUT2D eigenvalue weighted by Crippen LogP contribution is 2.33. The van der Waals surface area contributed by atoms with Crippen LogP contribution in [0.4, 0.5) is 17.2 Å². The normalized spacial score (nSPS) is 10.5. The van der Waals surface area contributed by atoms with E-state index in [2.05, 4.69) is 15.3 Å². The molecule has 0 spiro atoms. The maximum Gasteiger partial charge on any atom is 0.273 e. The van der Waals surface area contributed by atoms with E-state index >= 15 is 0 Å². The van der Waals surface area contributed by atoms with Gasteiger partial charge in [0.1, 0.15) is 11.6 Å². The van der Waals surface area contributed by atoms with Crippen molar-refractivity contribution in [3.05, 3.63) is 57.9 Å². The van der Waals surface area contributed by atoms with Gasteiger partial charge in [-0.2, -0.15) is 4.98 Å². The van der Waals surface area contributed by atoms with Crippen LogP contribution in [0.1, 0.15) is 0 Å². The Kier molecular flexibility index (Phi) is 3.94. The number of para-hydroxylation sites is 1. The van der Waals surface area contributed by atoms with Crippen molar-refractivity contribution in [1.82, 2.24) is 9.97 Å². The molecule has 0 amide bonds. The van der Waals surface area contributed by atoms with Crippen LogP contribution in [0.25, 0.3) is 10.9 Å². The van der Waals surface area contributed by atoms with Crippen molar-refractivity contribution in [3.8, 4) is 5.75 Å². The van der Waals surface area contributed by atoms with E-state index in [4.69, 9.17) is 16.3 Å². The maximum absolute atomic E-state index is 10.8. The van der Waals surface area contributed by atoms with E-state index in [1.807, 2.05) is 24.3 Å². The van der Waals surface area contributed by atoms with Gasteiger partial charge in [-0.25, -0.2) is 4.98 Å². The van der Waals surface area contributed by atoms with Crippen molar-refractivity contribution in [2.45, 2.75) is 0 Å². The Morgan fingerprint density at radius 3 is 2.74 bits per heavy atom. The third kappa shape index (κ3) is 3.00. The molecule has 0 aliphatic carbocycles. The minimum Gasteiger partial charge on any atom is -0.494 e. The Hall–Kier alpha value is -2.93. The van der Waals surface area contributed by atoms with E-state index in [1.165, 1.54) is 19.2 Å². The minimum absolute atomic E-state index is 0.0574. The Balaban J connectivity index is 2.07. The van der Waals surface area contributed by atoms with E-state index < -0.39 is 4.92 Å². The number of non-ortho nitro benzene ring substituents is 1. The van der Waals surface area contributed by atoms with E-state index in [9.17, 15) is 10.1 Å². The number of rotatable bonds is 4. The Morgan fingerprint density at radius 2 is 2.00 bits per heavy atom. The summed E-state index contributed by atoms with van der Waals surface area (Å²) in [7, 11) is 1.44. The summed E-state index contributed by atoms with van der Waals surface area (Å²) in [5.41, 5.74) is 1.17. The lowest BCUT2D eigenvalue weighted by molar-refractivity contribution is -0.384. The SMILES string of the molecule is COc1cc([N+](=O)[O-])ccc1Nc1nc(Cl)nc2ccccc12. The highest BCUT2D eigenvalue weighted by Gasteiger charge is 2.13. The monoisotopic (exact) mass is 330 g/mol. The molecule has 0 fully saturated rings. The summed E-state index contributed by atoms with van der Waals surface area (Å²) in [5, 5.41) is 14.8. The minimum atomic E-state index is -0.483. The molecule has 8 heteroatoms. The van der Waals surface area contributed by atoms with E-state index in [0.29, 0.717) is 22.8 Å². The average molecular weight is 331 g/mol. The third-order valence-corrected chi connectivity index (χ3v) is 3.39. The number of anilines is 2. The van der Waals surface area contributed by atoms with Crippen molar-refractivity contribution in [2.24, 2.45) is 0 Å². The lowest BCUT2D eigenvalue weighted by Crippen LogP contribution is -2.00. The van der Waals surface area contributed by atoms with Gasteiger partial charge in [-0.3, -0.25) is 10.1 Å². The summed E-state index contributed by atoms with van der Waals surface area (Å²) in [6.45, 7) is 0. The summed E-state index contributed by atoms with van der Waals surface area (Å²) in [6.07, 6.45) is 0. The molecule has 0 saturated carbocycles. The Morgan fingerprint density at radius 1 is 1.22 bits per heavy atom. The molecule has 3 rings (SSSR count). The summed E-state index contributed by atoms with van der Waals surface area (Å²) in [4.78, 5) is 18.7. The Labute approximate surface area is 136 Å². The van der Waals surface area contributed by atoms with E-state index in [0.717, 1.165) is 5.39 Å². The van der Waals surface area contributed by atoms with Crippen molar-refractivity contribution < 1.29 is 9.66 Å². The number of nitro groups is 1. The maximum atomic E-state index is 10.8. The number of hydrogen-bond donors (Lipinski definition) is 1.